The predicted molar refractivity (Wildman–Crippen MR) is 89.9 cm³/mol. The van der Waals surface area contributed by atoms with E-state index in [4.69, 9.17) is 4.74 Å². The van der Waals surface area contributed by atoms with E-state index in [1.807, 2.05) is 19.1 Å². The molecule has 0 saturated carbocycles. The van der Waals surface area contributed by atoms with E-state index in [0.29, 0.717) is 6.61 Å². The molecule has 0 aliphatic rings. The fourth-order valence-electron chi connectivity index (χ4n) is 1.80. The van der Waals surface area contributed by atoms with Crippen LogP contribution in [-0.4, -0.2) is 0 Å². The van der Waals surface area contributed by atoms with Gasteiger partial charge in [0.1, 0.15) is 18.2 Å². The lowest BCUT2D eigenvalue weighted by Gasteiger charge is -2.13. The van der Waals surface area contributed by atoms with Gasteiger partial charge in [0.25, 0.3) is 0 Å². The van der Waals surface area contributed by atoms with Gasteiger partial charge in [-0.15, -0.1) is 0 Å². The standard InChI is InChI=1S/C15H12Br3FO/c1-9-4-12(19)3-2-11(9)8-20-15-13(17)5-10(7-16)6-14(15)18/h2-6H,7-8H2,1H3. The highest BCUT2D eigenvalue weighted by molar-refractivity contribution is 9.11. The van der Waals surface area contributed by atoms with Crippen LogP contribution in [0.25, 0.3) is 0 Å². The summed E-state index contributed by atoms with van der Waals surface area (Å²) in [6.07, 6.45) is 0. The summed E-state index contributed by atoms with van der Waals surface area (Å²) in [6, 6.07) is 8.72. The molecule has 0 bridgehead atoms. The Morgan fingerprint density at radius 1 is 1.10 bits per heavy atom. The fourth-order valence-corrected chi connectivity index (χ4v) is 3.63. The first-order valence-electron chi connectivity index (χ1n) is 5.93. The van der Waals surface area contributed by atoms with Crippen LogP contribution in [0.1, 0.15) is 16.7 Å². The zero-order chi connectivity index (χ0) is 14.7. The van der Waals surface area contributed by atoms with Gasteiger partial charge >= 0.3 is 0 Å². The van der Waals surface area contributed by atoms with Gasteiger partial charge in [-0.2, -0.15) is 0 Å². The lowest BCUT2D eigenvalue weighted by molar-refractivity contribution is 0.301. The van der Waals surface area contributed by atoms with Crippen molar-refractivity contribution < 1.29 is 9.13 Å². The van der Waals surface area contributed by atoms with Gasteiger partial charge in [-0.1, -0.05) is 22.0 Å². The van der Waals surface area contributed by atoms with Gasteiger partial charge < -0.3 is 4.74 Å². The summed E-state index contributed by atoms with van der Waals surface area (Å²) in [6.45, 7) is 2.27. The number of aryl methyl sites for hydroxylation is 1. The molecule has 106 valence electrons. The maximum atomic E-state index is 13.1. The van der Waals surface area contributed by atoms with Gasteiger partial charge in [0, 0.05) is 5.33 Å². The van der Waals surface area contributed by atoms with Crippen LogP contribution in [0.2, 0.25) is 0 Å². The largest absolute Gasteiger partial charge is 0.487 e. The molecule has 20 heavy (non-hydrogen) atoms. The maximum Gasteiger partial charge on any atom is 0.148 e. The van der Waals surface area contributed by atoms with Gasteiger partial charge in [-0.05, 0) is 79.7 Å². The topological polar surface area (TPSA) is 9.23 Å². The van der Waals surface area contributed by atoms with Gasteiger partial charge in [0.2, 0.25) is 0 Å². The van der Waals surface area contributed by atoms with Crippen molar-refractivity contribution >= 4 is 47.8 Å². The third-order valence-electron chi connectivity index (χ3n) is 2.89. The van der Waals surface area contributed by atoms with E-state index in [1.165, 1.54) is 12.1 Å². The van der Waals surface area contributed by atoms with E-state index in [1.54, 1.807) is 6.07 Å². The molecule has 1 nitrogen and oxygen atoms in total. The molecule has 0 N–H and O–H groups in total. The second-order valence-corrected chi connectivity index (χ2v) is 6.65. The first-order valence-corrected chi connectivity index (χ1v) is 8.63. The Morgan fingerprint density at radius 2 is 1.75 bits per heavy atom. The molecule has 0 heterocycles. The highest BCUT2D eigenvalue weighted by Gasteiger charge is 2.10. The minimum atomic E-state index is -0.227. The first-order chi connectivity index (χ1) is 9.51. The van der Waals surface area contributed by atoms with Crippen molar-refractivity contribution in [1.29, 1.82) is 0 Å². The second kappa shape index (κ2) is 7.05. The molecular weight excluding hydrogens is 455 g/mol. The van der Waals surface area contributed by atoms with E-state index in [-0.39, 0.29) is 5.82 Å². The van der Waals surface area contributed by atoms with Crippen molar-refractivity contribution in [3.05, 3.63) is 61.8 Å². The van der Waals surface area contributed by atoms with Crippen LogP contribution in [0.3, 0.4) is 0 Å². The summed E-state index contributed by atoms with van der Waals surface area (Å²) in [4.78, 5) is 0. The molecule has 0 atom stereocenters. The number of hydrogen-bond donors (Lipinski definition) is 0. The second-order valence-electron chi connectivity index (χ2n) is 4.38. The lowest BCUT2D eigenvalue weighted by atomic mass is 10.1. The smallest absolute Gasteiger partial charge is 0.148 e. The minimum Gasteiger partial charge on any atom is -0.487 e. The van der Waals surface area contributed by atoms with Gasteiger partial charge in [-0.3, -0.25) is 0 Å². The van der Waals surface area contributed by atoms with E-state index in [9.17, 15) is 4.39 Å². The summed E-state index contributed by atoms with van der Waals surface area (Å²) in [5.41, 5.74) is 3.00. The molecule has 0 spiro atoms. The highest BCUT2D eigenvalue weighted by atomic mass is 79.9. The number of rotatable bonds is 4. The highest BCUT2D eigenvalue weighted by Crippen LogP contribution is 2.36. The summed E-state index contributed by atoms with van der Waals surface area (Å²) < 4.78 is 20.7. The molecule has 0 aliphatic carbocycles. The Hall–Kier alpha value is -0.390. The Morgan fingerprint density at radius 3 is 2.30 bits per heavy atom. The van der Waals surface area contributed by atoms with E-state index < -0.39 is 0 Å². The zero-order valence-corrected chi connectivity index (χ0v) is 15.5. The van der Waals surface area contributed by atoms with Crippen LogP contribution in [0.15, 0.2) is 39.3 Å². The van der Waals surface area contributed by atoms with Gasteiger partial charge in [-0.25, -0.2) is 4.39 Å². The van der Waals surface area contributed by atoms with Crippen LogP contribution in [-0.2, 0) is 11.9 Å². The number of ether oxygens (including phenoxy) is 1. The molecule has 0 aromatic heterocycles. The summed E-state index contributed by atoms with van der Waals surface area (Å²) in [7, 11) is 0. The molecule has 0 unspecified atom stereocenters. The Balaban J connectivity index is 2.19. The Bertz CT molecular complexity index is 606. The number of hydrogen-bond acceptors (Lipinski definition) is 1. The maximum absolute atomic E-state index is 13.1. The Kier molecular flexibility index (Phi) is 5.64. The van der Waals surface area contributed by atoms with Crippen LogP contribution in [0.5, 0.6) is 5.75 Å². The van der Waals surface area contributed by atoms with Crippen LogP contribution < -0.4 is 4.74 Å². The van der Waals surface area contributed by atoms with Crippen LogP contribution >= 0.6 is 47.8 Å². The third kappa shape index (κ3) is 3.83. The summed E-state index contributed by atoms with van der Waals surface area (Å²) >= 11 is 10.4. The lowest BCUT2D eigenvalue weighted by Crippen LogP contribution is -2.00. The number of halogens is 4. The molecule has 2 aromatic carbocycles. The average molecular weight is 467 g/mol. The van der Waals surface area contributed by atoms with Crippen LogP contribution in [0, 0.1) is 12.7 Å². The molecule has 0 saturated heterocycles. The van der Waals surface area contributed by atoms with E-state index in [2.05, 4.69) is 47.8 Å². The Labute approximate surface area is 142 Å². The van der Waals surface area contributed by atoms with Crippen molar-refractivity contribution in [3.63, 3.8) is 0 Å². The van der Waals surface area contributed by atoms with Crippen molar-refractivity contribution in [1.82, 2.24) is 0 Å². The molecule has 2 aromatic rings. The normalized spacial score (nSPS) is 10.7. The third-order valence-corrected chi connectivity index (χ3v) is 4.71. The monoisotopic (exact) mass is 464 g/mol. The zero-order valence-electron chi connectivity index (χ0n) is 10.7. The van der Waals surface area contributed by atoms with E-state index >= 15 is 0 Å². The predicted octanol–water partition coefficient (Wildman–Crippen LogP) is 6.13. The SMILES string of the molecule is Cc1cc(F)ccc1COc1c(Br)cc(CBr)cc1Br. The van der Waals surface area contributed by atoms with Gasteiger partial charge in [0.15, 0.2) is 0 Å². The summed E-state index contributed by atoms with van der Waals surface area (Å²) in [5.74, 6) is 0.522. The first kappa shape index (κ1) is 16.0. The number of alkyl halides is 1. The molecule has 0 radical (unpaired) electrons. The molecule has 0 aliphatic heterocycles. The van der Waals surface area contributed by atoms with Crippen molar-refractivity contribution in [2.24, 2.45) is 0 Å². The summed E-state index contributed by atoms with van der Waals surface area (Å²) in [5, 5.41) is 0.779. The molecule has 2 rings (SSSR count). The van der Waals surface area contributed by atoms with Crippen LogP contribution in [0.4, 0.5) is 4.39 Å². The van der Waals surface area contributed by atoms with Crippen molar-refractivity contribution in [2.75, 3.05) is 0 Å². The number of benzene rings is 2. The van der Waals surface area contributed by atoms with Crippen molar-refractivity contribution in [2.45, 2.75) is 18.9 Å². The molecule has 0 amide bonds. The molecular formula is C15H12Br3FO. The van der Waals surface area contributed by atoms with Crippen molar-refractivity contribution in [3.8, 4) is 5.75 Å². The minimum absolute atomic E-state index is 0.227. The molecule has 5 heteroatoms. The van der Waals surface area contributed by atoms with Gasteiger partial charge in [0.05, 0.1) is 8.95 Å². The fraction of sp³-hybridized carbons (Fsp3) is 0.200. The molecule has 0 fully saturated rings. The van der Waals surface area contributed by atoms with E-state index in [0.717, 1.165) is 36.7 Å². The quantitative estimate of drug-likeness (QED) is 0.492. The average Bonchev–Trinajstić information content (AvgIpc) is 2.39.